The molecular formula is C31H42N6O5. The van der Waals surface area contributed by atoms with Crippen LogP contribution in [0.4, 0.5) is 10.6 Å². The van der Waals surface area contributed by atoms with Gasteiger partial charge in [0.2, 0.25) is 5.88 Å². The first kappa shape index (κ1) is 30.8. The Kier molecular flexibility index (Phi) is 10.8. The number of anilines is 1. The summed E-state index contributed by atoms with van der Waals surface area (Å²) in [6.07, 6.45) is 6.27. The largest absolute Gasteiger partial charge is 0.478 e. The fourth-order valence-corrected chi connectivity index (χ4v) is 4.45. The molecule has 42 heavy (non-hydrogen) atoms. The molecule has 11 nitrogen and oxygen atoms in total. The van der Waals surface area contributed by atoms with Gasteiger partial charge in [0, 0.05) is 31.9 Å². The average molecular weight is 579 g/mol. The average Bonchev–Trinajstić information content (AvgIpc) is 2.97. The van der Waals surface area contributed by atoms with Crippen molar-refractivity contribution in [1.29, 1.82) is 0 Å². The Balaban J connectivity index is 1.28. The number of nitrogens with one attached hydrogen (secondary N) is 3. The van der Waals surface area contributed by atoms with Crippen LogP contribution in [-0.4, -0.2) is 72.8 Å². The number of esters is 1. The second kappa shape index (κ2) is 14.7. The lowest BCUT2D eigenvalue weighted by molar-refractivity contribution is -0.157. The summed E-state index contributed by atoms with van der Waals surface area (Å²) in [5.41, 5.74) is 2.44. The second-order valence-electron chi connectivity index (χ2n) is 11.4. The van der Waals surface area contributed by atoms with E-state index in [0.29, 0.717) is 12.5 Å². The van der Waals surface area contributed by atoms with Crippen LogP contribution in [-0.2, 0) is 38.5 Å². The van der Waals surface area contributed by atoms with Crippen molar-refractivity contribution >= 4 is 24.2 Å². The van der Waals surface area contributed by atoms with Crippen LogP contribution < -0.4 is 16.0 Å². The molecule has 0 bridgehead atoms. The minimum atomic E-state index is -0.976. The second-order valence-corrected chi connectivity index (χ2v) is 11.4. The molecule has 1 aromatic heterocycles. The van der Waals surface area contributed by atoms with Crippen molar-refractivity contribution < 1.29 is 23.8 Å². The van der Waals surface area contributed by atoms with Crippen molar-refractivity contribution in [2.75, 3.05) is 32.1 Å². The molecule has 0 radical (unpaired) electrons. The van der Waals surface area contributed by atoms with Crippen molar-refractivity contribution in [3.05, 3.63) is 71.2 Å². The standard InChI is InChI=1S/C31H42N6O5/c1-31(2,3)42-29(38)25(36-30(39)41-20-22-10-6-5-7-11-22)19-33-26-18-27(34-21-37(26)4)40-17-9-13-24-15-14-23-12-8-16-32-28(23)35-24/h5-7,10-11,14-15,18,21,25-26,33H,8-9,12-13,16-17,19-20H2,1-4H3,(H,32,35)(H,36,39). The topological polar surface area (TPSA) is 126 Å². The lowest BCUT2D eigenvalue weighted by Gasteiger charge is -2.30. The van der Waals surface area contributed by atoms with Gasteiger partial charge in [-0.05, 0) is 63.6 Å². The summed E-state index contributed by atoms with van der Waals surface area (Å²) < 4.78 is 16.8. The number of pyridine rings is 1. The van der Waals surface area contributed by atoms with Crippen LogP contribution >= 0.6 is 0 Å². The number of nitrogens with zero attached hydrogens (tertiary/aromatic N) is 3. The van der Waals surface area contributed by atoms with Crippen molar-refractivity contribution in [3.8, 4) is 0 Å². The van der Waals surface area contributed by atoms with Gasteiger partial charge < -0.3 is 29.7 Å². The van der Waals surface area contributed by atoms with Crippen LogP contribution in [0.3, 0.4) is 0 Å². The number of fused-ring (bicyclic) bond motifs is 1. The maximum Gasteiger partial charge on any atom is 0.408 e. The highest BCUT2D eigenvalue weighted by Crippen LogP contribution is 2.20. The number of aliphatic imine (C=N–C) groups is 1. The summed E-state index contributed by atoms with van der Waals surface area (Å²) in [7, 11) is 1.86. The number of hydrogen-bond donors (Lipinski definition) is 3. The molecule has 1 amide bonds. The van der Waals surface area contributed by atoms with Crippen LogP contribution in [0.2, 0.25) is 0 Å². The maximum atomic E-state index is 12.9. The minimum Gasteiger partial charge on any atom is -0.478 e. The van der Waals surface area contributed by atoms with Crippen LogP contribution in [0.5, 0.6) is 0 Å². The number of ether oxygens (including phenoxy) is 3. The van der Waals surface area contributed by atoms with Gasteiger partial charge >= 0.3 is 12.1 Å². The summed E-state index contributed by atoms with van der Waals surface area (Å²) in [6.45, 7) is 6.97. The van der Waals surface area contributed by atoms with Crippen LogP contribution in [0.1, 0.15) is 50.4 Å². The summed E-state index contributed by atoms with van der Waals surface area (Å²) in [4.78, 5) is 36.4. The Morgan fingerprint density at radius 1 is 1.17 bits per heavy atom. The fraction of sp³-hybridized carbons (Fsp3) is 0.484. The smallest absolute Gasteiger partial charge is 0.408 e. The zero-order valence-electron chi connectivity index (χ0n) is 24.9. The number of hydrogen-bond acceptors (Lipinski definition) is 10. The lowest BCUT2D eigenvalue weighted by Crippen LogP contribution is -2.53. The molecule has 4 rings (SSSR count). The molecule has 0 saturated carbocycles. The van der Waals surface area contributed by atoms with Gasteiger partial charge in [-0.1, -0.05) is 36.4 Å². The summed E-state index contributed by atoms with van der Waals surface area (Å²) in [6, 6.07) is 12.6. The van der Waals surface area contributed by atoms with Gasteiger partial charge in [0.1, 0.15) is 30.2 Å². The molecule has 0 aliphatic carbocycles. The summed E-state index contributed by atoms with van der Waals surface area (Å²) in [5, 5.41) is 9.30. The van der Waals surface area contributed by atoms with Crippen molar-refractivity contribution in [1.82, 2.24) is 20.5 Å². The Hall–Kier alpha value is -4.12. The third kappa shape index (κ3) is 9.76. The molecule has 226 valence electrons. The number of carbonyl (C=O) groups is 2. The number of alkyl carbamates (subject to hydrolysis) is 1. The van der Waals surface area contributed by atoms with Crippen LogP contribution in [0.15, 0.2) is 59.4 Å². The molecule has 3 heterocycles. The monoisotopic (exact) mass is 578 g/mol. The first-order valence-electron chi connectivity index (χ1n) is 14.4. The van der Waals surface area contributed by atoms with Gasteiger partial charge in [-0.15, -0.1) is 0 Å². The van der Waals surface area contributed by atoms with E-state index >= 15 is 0 Å². The molecule has 2 aliphatic rings. The number of carbonyl (C=O) groups excluding carboxylic acids is 2. The fourth-order valence-electron chi connectivity index (χ4n) is 4.45. The van der Waals surface area contributed by atoms with E-state index in [1.54, 1.807) is 27.1 Å². The molecule has 2 unspecified atom stereocenters. The van der Waals surface area contributed by atoms with Gasteiger partial charge in [-0.3, -0.25) is 5.32 Å². The molecular weight excluding hydrogens is 536 g/mol. The molecule has 1 aromatic carbocycles. The molecule has 2 atom stereocenters. The van der Waals surface area contributed by atoms with E-state index in [0.717, 1.165) is 49.3 Å². The minimum absolute atomic E-state index is 0.0891. The zero-order valence-corrected chi connectivity index (χ0v) is 24.9. The highest BCUT2D eigenvalue weighted by molar-refractivity contribution is 5.82. The maximum absolute atomic E-state index is 12.9. The van der Waals surface area contributed by atoms with Crippen molar-refractivity contribution in [2.24, 2.45) is 4.99 Å². The third-order valence-electron chi connectivity index (χ3n) is 6.61. The first-order chi connectivity index (χ1) is 20.2. The number of rotatable bonds is 12. The van der Waals surface area contributed by atoms with E-state index in [1.165, 1.54) is 5.56 Å². The number of benzene rings is 1. The van der Waals surface area contributed by atoms with Gasteiger partial charge in [-0.25, -0.2) is 19.6 Å². The Labute approximate surface area is 247 Å². The Morgan fingerprint density at radius 2 is 1.98 bits per heavy atom. The molecule has 0 spiro atoms. The predicted octanol–water partition coefficient (Wildman–Crippen LogP) is 3.76. The molecule has 0 saturated heterocycles. The Bertz CT molecular complexity index is 1260. The lowest BCUT2D eigenvalue weighted by atomic mass is 10.1. The molecule has 0 fully saturated rings. The molecule has 3 N–H and O–H groups in total. The van der Waals surface area contributed by atoms with Gasteiger partial charge in [0.15, 0.2) is 0 Å². The number of likely N-dealkylation sites (N-methyl/N-ethyl adjacent to an activating group) is 1. The van der Waals surface area contributed by atoms with Gasteiger partial charge in [0.05, 0.1) is 12.9 Å². The van der Waals surface area contributed by atoms with E-state index in [1.807, 2.05) is 48.4 Å². The first-order valence-corrected chi connectivity index (χ1v) is 14.4. The van der Waals surface area contributed by atoms with E-state index in [-0.39, 0.29) is 19.3 Å². The number of amides is 1. The Morgan fingerprint density at radius 3 is 2.76 bits per heavy atom. The summed E-state index contributed by atoms with van der Waals surface area (Å²) >= 11 is 0. The van der Waals surface area contributed by atoms with Gasteiger partial charge in [0.25, 0.3) is 0 Å². The third-order valence-corrected chi connectivity index (χ3v) is 6.61. The molecule has 11 heteroatoms. The SMILES string of the molecule is CN1C=NC(OCCCc2ccc3c(n2)NCCC3)=CC1NCC(NC(=O)OCc1ccccc1)C(=O)OC(C)(C)C. The normalized spacial score (nSPS) is 16.9. The van der Waals surface area contributed by atoms with E-state index in [9.17, 15) is 9.59 Å². The highest BCUT2D eigenvalue weighted by Gasteiger charge is 2.28. The van der Waals surface area contributed by atoms with E-state index < -0.39 is 23.7 Å². The quantitative estimate of drug-likeness (QED) is 0.255. The van der Waals surface area contributed by atoms with E-state index in [2.05, 4.69) is 33.1 Å². The predicted molar refractivity (Wildman–Crippen MR) is 161 cm³/mol. The van der Waals surface area contributed by atoms with Crippen molar-refractivity contribution in [2.45, 2.75) is 70.9 Å². The van der Waals surface area contributed by atoms with Gasteiger partial charge in [-0.2, -0.15) is 0 Å². The van der Waals surface area contributed by atoms with Crippen molar-refractivity contribution in [3.63, 3.8) is 0 Å². The van der Waals surface area contributed by atoms with E-state index in [4.69, 9.17) is 19.2 Å². The molecule has 2 aromatic rings. The van der Waals surface area contributed by atoms with Crippen LogP contribution in [0.25, 0.3) is 0 Å². The molecule has 2 aliphatic heterocycles. The number of aryl methyl sites for hydroxylation is 2. The summed E-state index contributed by atoms with van der Waals surface area (Å²) in [5.74, 6) is 0.916. The number of aromatic nitrogens is 1. The zero-order chi connectivity index (χ0) is 30.0. The van der Waals surface area contributed by atoms with Crippen LogP contribution in [0, 0.1) is 0 Å². The highest BCUT2D eigenvalue weighted by atomic mass is 16.6.